The second kappa shape index (κ2) is 13.3. The average molecular weight is 562 g/mol. The molecule has 2 heterocycles. The summed E-state index contributed by atoms with van der Waals surface area (Å²) in [5, 5.41) is 18.9. The highest BCUT2D eigenvalue weighted by Gasteiger charge is 2.26. The summed E-state index contributed by atoms with van der Waals surface area (Å²) in [5.74, 6) is 0.340. The Morgan fingerprint density at radius 1 is 1.32 bits per heavy atom. The van der Waals surface area contributed by atoms with E-state index in [4.69, 9.17) is 9.73 Å². The number of halogens is 2. The molecule has 3 atom stereocenters. The van der Waals surface area contributed by atoms with Gasteiger partial charge in [-0.05, 0) is 43.0 Å². The molecule has 1 aromatic carbocycles. The molecule has 3 N–H and O–H groups in total. The second-order valence-electron chi connectivity index (χ2n) is 7.38. The zero-order valence-corrected chi connectivity index (χ0v) is 21.1. The van der Waals surface area contributed by atoms with Gasteiger partial charge in [0.05, 0.1) is 31.4 Å². The number of aliphatic hydroxyl groups is 1. The van der Waals surface area contributed by atoms with E-state index in [-0.39, 0.29) is 48.5 Å². The average Bonchev–Trinajstić information content (AvgIpc) is 3.27. The fourth-order valence-corrected chi connectivity index (χ4v) is 4.36. The minimum Gasteiger partial charge on any atom is -0.387 e. The van der Waals surface area contributed by atoms with Crippen molar-refractivity contribution < 1.29 is 14.2 Å². The Morgan fingerprint density at radius 3 is 2.74 bits per heavy atom. The molecule has 0 bridgehead atoms. The maximum Gasteiger partial charge on any atom is 0.191 e. The monoisotopic (exact) mass is 562 g/mol. The molecule has 1 saturated heterocycles. The number of nitrogens with zero attached hydrogens (tertiary/aromatic N) is 2. The summed E-state index contributed by atoms with van der Waals surface area (Å²) >= 11 is 1.74. The summed E-state index contributed by atoms with van der Waals surface area (Å²) in [6.07, 6.45) is -0.537. The Morgan fingerprint density at radius 2 is 2.10 bits per heavy atom. The molecule has 0 spiro atoms. The van der Waals surface area contributed by atoms with Crippen molar-refractivity contribution in [2.75, 3.05) is 39.3 Å². The number of hydrogen-bond acceptors (Lipinski definition) is 5. The molecule has 172 valence electrons. The molecular weight excluding hydrogens is 530 g/mol. The molecule has 0 saturated carbocycles. The zero-order valence-electron chi connectivity index (χ0n) is 18.0. The second-order valence-corrected chi connectivity index (χ2v) is 8.35. The van der Waals surface area contributed by atoms with Gasteiger partial charge in [-0.15, -0.1) is 35.3 Å². The Bertz CT molecular complexity index is 791. The molecule has 9 heteroatoms. The highest BCUT2D eigenvalue weighted by atomic mass is 127. The fraction of sp³-hybridized carbons (Fsp3) is 0.500. The first-order valence-corrected chi connectivity index (χ1v) is 11.3. The van der Waals surface area contributed by atoms with Crippen molar-refractivity contribution in [3.8, 4) is 0 Å². The number of thiophene rings is 1. The number of ether oxygens (including phenoxy) is 1. The summed E-state index contributed by atoms with van der Waals surface area (Å²) in [7, 11) is 0. The first-order valence-electron chi connectivity index (χ1n) is 10.4. The highest BCUT2D eigenvalue weighted by Crippen LogP contribution is 2.27. The lowest BCUT2D eigenvalue weighted by atomic mass is 10.1. The van der Waals surface area contributed by atoms with E-state index in [0.29, 0.717) is 18.1 Å². The van der Waals surface area contributed by atoms with Gasteiger partial charge >= 0.3 is 0 Å². The van der Waals surface area contributed by atoms with Crippen LogP contribution in [0.4, 0.5) is 4.39 Å². The molecule has 1 fully saturated rings. The topological polar surface area (TPSA) is 69.1 Å². The van der Waals surface area contributed by atoms with Crippen LogP contribution in [0.25, 0.3) is 0 Å². The zero-order chi connectivity index (χ0) is 21.3. The van der Waals surface area contributed by atoms with Gasteiger partial charge in [0, 0.05) is 31.1 Å². The summed E-state index contributed by atoms with van der Waals surface area (Å²) in [6.45, 7) is 8.22. The van der Waals surface area contributed by atoms with Crippen molar-refractivity contribution in [3.63, 3.8) is 0 Å². The molecule has 31 heavy (non-hydrogen) atoms. The third-order valence-electron chi connectivity index (χ3n) is 5.07. The molecule has 1 aliphatic rings. The lowest BCUT2D eigenvalue weighted by Crippen LogP contribution is -2.44. The van der Waals surface area contributed by atoms with Crippen LogP contribution in [0.15, 0.2) is 46.8 Å². The van der Waals surface area contributed by atoms with Crippen LogP contribution in [0.3, 0.4) is 0 Å². The molecule has 1 aliphatic heterocycles. The van der Waals surface area contributed by atoms with Crippen molar-refractivity contribution in [2.45, 2.75) is 32.1 Å². The lowest BCUT2D eigenvalue weighted by molar-refractivity contribution is -0.0327. The van der Waals surface area contributed by atoms with Crippen LogP contribution in [0.5, 0.6) is 0 Å². The molecule has 0 aliphatic carbocycles. The minimum atomic E-state index is -0.748. The number of nitrogens with one attached hydrogen (secondary N) is 2. The van der Waals surface area contributed by atoms with E-state index in [1.165, 1.54) is 17.0 Å². The van der Waals surface area contributed by atoms with Gasteiger partial charge in [0.1, 0.15) is 5.82 Å². The number of benzene rings is 1. The van der Waals surface area contributed by atoms with Gasteiger partial charge in [0.2, 0.25) is 0 Å². The fourth-order valence-electron chi connectivity index (χ4n) is 3.51. The van der Waals surface area contributed by atoms with Crippen molar-refractivity contribution in [2.24, 2.45) is 4.99 Å². The Labute approximate surface area is 204 Å². The van der Waals surface area contributed by atoms with E-state index >= 15 is 0 Å². The molecule has 1 aromatic heterocycles. The molecule has 6 nitrogen and oxygen atoms in total. The summed E-state index contributed by atoms with van der Waals surface area (Å²) in [5.41, 5.74) is 0.665. The summed E-state index contributed by atoms with van der Waals surface area (Å²) in [4.78, 5) is 8.52. The van der Waals surface area contributed by atoms with Crippen molar-refractivity contribution in [1.29, 1.82) is 0 Å². The Hall–Kier alpha value is -1.27. The largest absolute Gasteiger partial charge is 0.387 e. The van der Waals surface area contributed by atoms with Crippen LogP contribution in [-0.2, 0) is 4.74 Å². The number of rotatable bonds is 8. The third kappa shape index (κ3) is 7.98. The maximum absolute atomic E-state index is 13.1. The Balaban J connectivity index is 0.00000341. The standard InChI is InChI=1S/C22H31FN4O2S.HI/c1-3-24-22(26-14-20(28)17-6-8-18(23)9-7-17)25-13-19(21-5-4-12-30-21)27-10-11-29-16(2)15-27;/h4-9,12,16,19-20,28H,3,10-11,13-15H2,1-2H3,(H2,24,25,26);1H. The van der Waals surface area contributed by atoms with Gasteiger partial charge in [0.25, 0.3) is 0 Å². The maximum atomic E-state index is 13.1. The number of morpholine rings is 1. The van der Waals surface area contributed by atoms with E-state index in [1.807, 2.05) is 6.92 Å². The minimum absolute atomic E-state index is 0. The number of aliphatic hydroxyl groups excluding tert-OH is 1. The predicted molar refractivity (Wildman–Crippen MR) is 135 cm³/mol. The van der Waals surface area contributed by atoms with Gasteiger partial charge < -0.3 is 20.5 Å². The first-order chi connectivity index (χ1) is 14.6. The number of guanidine groups is 1. The van der Waals surface area contributed by atoms with Crippen LogP contribution < -0.4 is 10.6 Å². The van der Waals surface area contributed by atoms with Crippen molar-refractivity contribution in [1.82, 2.24) is 15.5 Å². The molecule has 0 radical (unpaired) electrons. The summed E-state index contributed by atoms with van der Waals surface area (Å²) < 4.78 is 18.8. The summed E-state index contributed by atoms with van der Waals surface area (Å²) in [6, 6.07) is 10.3. The van der Waals surface area contributed by atoms with Crippen LogP contribution in [0.1, 0.15) is 36.4 Å². The number of aliphatic imine (C=N–C) groups is 1. The van der Waals surface area contributed by atoms with E-state index < -0.39 is 6.10 Å². The van der Waals surface area contributed by atoms with Gasteiger partial charge in [-0.3, -0.25) is 9.89 Å². The third-order valence-corrected chi connectivity index (χ3v) is 6.04. The van der Waals surface area contributed by atoms with E-state index in [9.17, 15) is 9.50 Å². The van der Waals surface area contributed by atoms with Gasteiger partial charge in [-0.2, -0.15) is 0 Å². The normalized spacial score (nSPS) is 19.4. The molecule has 0 amide bonds. The predicted octanol–water partition coefficient (Wildman–Crippen LogP) is 3.56. The molecule has 3 unspecified atom stereocenters. The van der Waals surface area contributed by atoms with Gasteiger partial charge in [-0.25, -0.2) is 4.39 Å². The van der Waals surface area contributed by atoms with Crippen LogP contribution in [-0.4, -0.2) is 61.4 Å². The van der Waals surface area contributed by atoms with Crippen molar-refractivity contribution >= 4 is 41.3 Å². The van der Waals surface area contributed by atoms with E-state index in [1.54, 1.807) is 23.5 Å². The van der Waals surface area contributed by atoms with Crippen LogP contribution in [0, 0.1) is 5.82 Å². The SMILES string of the molecule is CCNC(=NCC(c1cccs1)N1CCOC(C)C1)NCC(O)c1ccc(F)cc1.I. The first kappa shape index (κ1) is 26.0. The van der Waals surface area contributed by atoms with Gasteiger partial charge in [-0.1, -0.05) is 18.2 Å². The van der Waals surface area contributed by atoms with Crippen molar-refractivity contribution in [3.05, 3.63) is 58.0 Å². The van der Waals surface area contributed by atoms with Crippen LogP contribution in [0.2, 0.25) is 0 Å². The van der Waals surface area contributed by atoms with E-state index in [2.05, 4.69) is 40.0 Å². The molecule has 3 rings (SSSR count). The molecular formula is C22H32FIN4O2S. The lowest BCUT2D eigenvalue weighted by Gasteiger charge is -2.36. The smallest absolute Gasteiger partial charge is 0.191 e. The van der Waals surface area contributed by atoms with Gasteiger partial charge in [0.15, 0.2) is 5.96 Å². The quantitative estimate of drug-likeness (QED) is 0.261. The number of hydrogen-bond donors (Lipinski definition) is 3. The Kier molecular flexibility index (Phi) is 11.2. The highest BCUT2D eigenvalue weighted by molar-refractivity contribution is 14.0. The molecule has 2 aromatic rings. The van der Waals surface area contributed by atoms with Crippen LogP contribution >= 0.6 is 35.3 Å². The van der Waals surface area contributed by atoms with E-state index in [0.717, 1.165) is 26.2 Å².